The first kappa shape index (κ1) is 20.8. The van der Waals surface area contributed by atoms with Crippen molar-refractivity contribution in [2.75, 3.05) is 52.9 Å². The minimum atomic E-state index is 0.392. The minimum absolute atomic E-state index is 0.392. The van der Waals surface area contributed by atoms with Crippen LogP contribution in [0.1, 0.15) is 34.1 Å². The Balaban J connectivity index is 0.000000181. The number of epoxide rings is 4. The van der Waals surface area contributed by atoms with E-state index in [1.165, 1.54) is 6.42 Å². The third kappa shape index (κ3) is 15.1. The van der Waals surface area contributed by atoms with Gasteiger partial charge in [0.15, 0.2) is 0 Å². The Morgan fingerprint density at radius 3 is 0.913 bits per heavy atom. The van der Waals surface area contributed by atoms with Crippen molar-refractivity contribution in [2.45, 2.75) is 58.5 Å². The van der Waals surface area contributed by atoms with Crippen molar-refractivity contribution in [3.63, 3.8) is 0 Å². The van der Waals surface area contributed by atoms with Crippen LogP contribution in [-0.2, 0) is 28.4 Å². The molecule has 4 unspecified atom stereocenters. The fourth-order valence-electron chi connectivity index (χ4n) is 1.32. The molecule has 4 aliphatic heterocycles. The summed E-state index contributed by atoms with van der Waals surface area (Å²) in [5.41, 5.74) is 0. The van der Waals surface area contributed by atoms with Gasteiger partial charge in [-0.15, -0.1) is 0 Å². The molecular formula is C17H34O6. The van der Waals surface area contributed by atoms with E-state index < -0.39 is 0 Å². The second-order valence-electron chi connectivity index (χ2n) is 5.60. The second-order valence-corrected chi connectivity index (χ2v) is 5.60. The van der Waals surface area contributed by atoms with Crippen LogP contribution >= 0.6 is 0 Å². The molecule has 4 fully saturated rings. The fraction of sp³-hybridized carbons (Fsp3) is 1.00. The molecule has 4 atom stereocenters. The van der Waals surface area contributed by atoms with Gasteiger partial charge in [-0.3, -0.25) is 0 Å². The number of hydrogen-bond donors (Lipinski definition) is 0. The van der Waals surface area contributed by atoms with Crippen LogP contribution in [-0.4, -0.2) is 77.3 Å². The van der Waals surface area contributed by atoms with E-state index in [-0.39, 0.29) is 0 Å². The summed E-state index contributed by atoms with van der Waals surface area (Å²) in [5, 5.41) is 0. The molecule has 4 aliphatic rings. The molecule has 0 aromatic rings. The Kier molecular flexibility index (Phi) is 11.8. The maximum absolute atomic E-state index is 5.23. The number of rotatable bonds is 8. The Bertz CT molecular complexity index is 210. The van der Waals surface area contributed by atoms with Crippen molar-refractivity contribution in [2.24, 2.45) is 0 Å². The minimum Gasteiger partial charge on any atom is -0.376 e. The first-order valence-corrected chi connectivity index (χ1v) is 8.93. The highest BCUT2D eigenvalue weighted by atomic mass is 16.6. The van der Waals surface area contributed by atoms with E-state index in [2.05, 4.69) is 13.8 Å². The smallest absolute Gasteiger partial charge is 0.104 e. The molecule has 0 saturated carbocycles. The van der Waals surface area contributed by atoms with E-state index in [9.17, 15) is 0 Å². The molecule has 4 rings (SSSR count). The largest absolute Gasteiger partial charge is 0.376 e. The van der Waals surface area contributed by atoms with Gasteiger partial charge in [-0.2, -0.15) is 0 Å². The van der Waals surface area contributed by atoms with Gasteiger partial charge >= 0.3 is 0 Å². The van der Waals surface area contributed by atoms with E-state index in [0.717, 1.165) is 52.9 Å². The van der Waals surface area contributed by atoms with Gasteiger partial charge in [-0.05, 0) is 0 Å². The Morgan fingerprint density at radius 1 is 0.609 bits per heavy atom. The van der Waals surface area contributed by atoms with Gasteiger partial charge in [0.05, 0.1) is 52.9 Å². The molecular weight excluding hydrogens is 300 g/mol. The van der Waals surface area contributed by atoms with Gasteiger partial charge in [-0.25, -0.2) is 0 Å². The first-order chi connectivity index (χ1) is 11.3. The third-order valence-electron chi connectivity index (χ3n) is 2.82. The molecule has 0 aromatic heterocycles. The molecule has 0 N–H and O–H groups in total. The van der Waals surface area contributed by atoms with Gasteiger partial charge in [-0.1, -0.05) is 34.1 Å². The van der Waals surface area contributed by atoms with Crippen molar-refractivity contribution in [1.82, 2.24) is 0 Å². The highest BCUT2D eigenvalue weighted by Crippen LogP contribution is 2.13. The summed E-state index contributed by atoms with van der Waals surface area (Å²) < 4.78 is 30.2. The summed E-state index contributed by atoms with van der Waals surface area (Å²) in [4.78, 5) is 0. The standard InChI is InChI=1S/2C6H10O3.C3H8.C2H6/c2*1(5-3-8-5)7-2-6-4-9-6;1-3-2;1-2/h2*5-6H,1-4H2;3H2,1-2H3;1-2H3. The normalized spacial score (nSPS) is 31.3. The molecule has 0 bridgehead atoms. The molecule has 0 spiro atoms. The van der Waals surface area contributed by atoms with Crippen LogP contribution in [0.3, 0.4) is 0 Å². The lowest BCUT2D eigenvalue weighted by molar-refractivity contribution is 0.102. The molecule has 6 nitrogen and oxygen atoms in total. The van der Waals surface area contributed by atoms with Crippen molar-refractivity contribution < 1.29 is 28.4 Å². The van der Waals surface area contributed by atoms with Crippen LogP contribution < -0.4 is 0 Å². The first-order valence-electron chi connectivity index (χ1n) is 8.93. The summed E-state index contributed by atoms with van der Waals surface area (Å²) in [6.45, 7) is 14.8. The van der Waals surface area contributed by atoms with Crippen LogP contribution in [0.2, 0.25) is 0 Å². The predicted octanol–water partition coefficient (Wildman–Crippen LogP) is 2.04. The Labute approximate surface area is 140 Å². The third-order valence-corrected chi connectivity index (χ3v) is 2.82. The Morgan fingerprint density at radius 2 is 0.783 bits per heavy atom. The van der Waals surface area contributed by atoms with Crippen LogP contribution in [0.15, 0.2) is 0 Å². The Hall–Kier alpha value is -0.240. The summed E-state index contributed by atoms with van der Waals surface area (Å²) in [5.74, 6) is 0. The topological polar surface area (TPSA) is 68.6 Å². The molecule has 0 aliphatic carbocycles. The average Bonchev–Trinajstić information content (AvgIpc) is 3.39. The highest BCUT2D eigenvalue weighted by molar-refractivity contribution is 4.71. The molecule has 4 saturated heterocycles. The number of ether oxygens (including phenoxy) is 6. The zero-order chi connectivity index (χ0) is 16.9. The van der Waals surface area contributed by atoms with Crippen LogP contribution in [0.25, 0.3) is 0 Å². The van der Waals surface area contributed by atoms with Crippen molar-refractivity contribution in [3.8, 4) is 0 Å². The fourth-order valence-corrected chi connectivity index (χ4v) is 1.32. The van der Waals surface area contributed by atoms with Gasteiger partial charge in [0, 0.05) is 0 Å². The quantitative estimate of drug-likeness (QED) is 0.633. The van der Waals surface area contributed by atoms with E-state index >= 15 is 0 Å². The molecule has 23 heavy (non-hydrogen) atoms. The summed E-state index contributed by atoms with van der Waals surface area (Å²) in [6.07, 6.45) is 2.82. The van der Waals surface area contributed by atoms with E-state index in [1.807, 2.05) is 13.8 Å². The zero-order valence-electron chi connectivity index (χ0n) is 15.1. The summed E-state index contributed by atoms with van der Waals surface area (Å²) >= 11 is 0. The van der Waals surface area contributed by atoms with E-state index in [0.29, 0.717) is 24.4 Å². The molecule has 4 heterocycles. The maximum atomic E-state index is 5.23. The van der Waals surface area contributed by atoms with Crippen molar-refractivity contribution in [1.29, 1.82) is 0 Å². The molecule has 0 amide bonds. The average molecular weight is 334 g/mol. The SMILES string of the molecule is C(OCC1CO1)C1CO1.C(OCC1CO1)C1CO1.CC.CCC. The van der Waals surface area contributed by atoms with Crippen LogP contribution in [0.5, 0.6) is 0 Å². The number of hydrogen-bond acceptors (Lipinski definition) is 6. The summed E-state index contributed by atoms with van der Waals surface area (Å²) in [7, 11) is 0. The lowest BCUT2D eigenvalue weighted by Gasteiger charge is -1.95. The van der Waals surface area contributed by atoms with Gasteiger partial charge in [0.1, 0.15) is 24.4 Å². The van der Waals surface area contributed by atoms with Gasteiger partial charge < -0.3 is 28.4 Å². The lowest BCUT2D eigenvalue weighted by Crippen LogP contribution is -2.06. The van der Waals surface area contributed by atoms with Crippen molar-refractivity contribution >= 4 is 0 Å². The van der Waals surface area contributed by atoms with E-state index in [1.54, 1.807) is 0 Å². The monoisotopic (exact) mass is 334 g/mol. The lowest BCUT2D eigenvalue weighted by atomic mass is 10.5. The zero-order valence-corrected chi connectivity index (χ0v) is 15.1. The predicted molar refractivity (Wildman–Crippen MR) is 87.9 cm³/mol. The summed E-state index contributed by atoms with van der Waals surface area (Å²) in [6, 6.07) is 0. The molecule has 0 aromatic carbocycles. The van der Waals surface area contributed by atoms with Gasteiger partial charge in [0.25, 0.3) is 0 Å². The van der Waals surface area contributed by atoms with Crippen molar-refractivity contribution in [3.05, 3.63) is 0 Å². The molecule has 138 valence electrons. The van der Waals surface area contributed by atoms with Crippen LogP contribution in [0, 0.1) is 0 Å². The maximum Gasteiger partial charge on any atom is 0.104 e. The van der Waals surface area contributed by atoms with E-state index in [4.69, 9.17) is 28.4 Å². The van der Waals surface area contributed by atoms with Crippen LogP contribution in [0.4, 0.5) is 0 Å². The highest BCUT2D eigenvalue weighted by Gasteiger charge is 2.27. The molecule has 6 heteroatoms. The van der Waals surface area contributed by atoms with Gasteiger partial charge in [0.2, 0.25) is 0 Å². The second kappa shape index (κ2) is 13.1. The molecule has 0 radical (unpaired) electrons.